The second-order valence-electron chi connectivity index (χ2n) is 5.64. The molecule has 6 heteroatoms. The van der Waals surface area contributed by atoms with Crippen LogP contribution in [0.2, 0.25) is 0 Å². The van der Waals surface area contributed by atoms with Crippen molar-refractivity contribution in [3.05, 3.63) is 54.5 Å². The van der Waals surface area contributed by atoms with E-state index in [9.17, 15) is 9.59 Å². The zero-order chi connectivity index (χ0) is 16.8. The predicted molar refractivity (Wildman–Crippen MR) is 92.5 cm³/mol. The van der Waals surface area contributed by atoms with Crippen LogP contribution in [0, 0.1) is 0 Å². The Morgan fingerprint density at radius 1 is 1.21 bits per heavy atom. The predicted octanol–water partition coefficient (Wildman–Crippen LogP) is 2.68. The van der Waals surface area contributed by atoms with Crippen LogP contribution in [0.3, 0.4) is 0 Å². The third-order valence-electron chi connectivity index (χ3n) is 4.00. The normalized spacial score (nSPS) is 17.0. The van der Waals surface area contributed by atoms with E-state index < -0.39 is 0 Å². The minimum atomic E-state index is -0.371. The fourth-order valence-electron chi connectivity index (χ4n) is 2.79. The fourth-order valence-corrected chi connectivity index (χ4v) is 3.59. The molecular weight excluding hydrogens is 324 g/mol. The summed E-state index contributed by atoms with van der Waals surface area (Å²) in [6, 6.07) is 13.0. The van der Waals surface area contributed by atoms with Crippen molar-refractivity contribution in [1.29, 1.82) is 0 Å². The Labute approximate surface area is 145 Å². The van der Waals surface area contributed by atoms with Gasteiger partial charge in [0.15, 0.2) is 0 Å². The lowest BCUT2D eigenvalue weighted by Crippen LogP contribution is -2.46. The molecule has 1 atom stereocenters. The van der Waals surface area contributed by atoms with E-state index in [-0.39, 0.29) is 17.9 Å². The van der Waals surface area contributed by atoms with Crippen LogP contribution in [0.25, 0.3) is 0 Å². The molecule has 0 spiro atoms. The van der Waals surface area contributed by atoms with Gasteiger partial charge < -0.3 is 14.6 Å². The van der Waals surface area contributed by atoms with Crippen LogP contribution in [-0.2, 0) is 16.1 Å². The van der Waals surface area contributed by atoms with Crippen molar-refractivity contribution >= 4 is 23.6 Å². The first-order valence-electron chi connectivity index (χ1n) is 8.01. The third-order valence-corrected chi connectivity index (χ3v) is 5.00. The van der Waals surface area contributed by atoms with Gasteiger partial charge in [-0.1, -0.05) is 18.2 Å². The second kappa shape index (κ2) is 8.06. The maximum absolute atomic E-state index is 12.5. The highest BCUT2D eigenvalue weighted by Crippen LogP contribution is 2.22. The molecule has 0 saturated carbocycles. The first kappa shape index (κ1) is 16.6. The molecule has 24 heavy (non-hydrogen) atoms. The number of likely N-dealkylation sites (tertiary alicyclic amines) is 1. The van der Waals surface area contributed by atoms with Crippen molar-refractivity contribution in [2.75, 3.05) is 12.3 Å². The fraction of sp³-hybridized carbons (Fsp3) is 0.333. The number of carbonyl (C=O) groups is 2. The zero-order valence-electron chi connectivity index (χ0n) is 13.3. The monoisotopic (exact) mass is 344 g/mol. The van der Waals surface area contributed by atoms with E-state index in [1.54, 1.807) is 17.2 Å². The van der Waals surface area contributed by atoms with Crippen molar-refractivity contribution in [3.8, 4) is 0 Å². The molecule has 2 aromatic rings. The topological polar surface area (TPSA) is 62.6 Å². The first-order valence-corrected chi connectivity index (χ1v) is 9.00. The van der Waals surface area contributed by atoms with Gasteiger partial charge in [0.05, 0.1) is 18.6 Å². The summed E-state index contributed by atoms with van der Waals surface area (Å²) in [5.41, 5.74) is 0. The van der Waals surface area contributed by atoms with Gasteiger partial charge in [-0.15, -0.1) is 11.8 Å². The lowest BCUT2D eigenvalue weighted by molar-refractivity contribution is -0.136. The van der Waals surface area contributed by atoms with Gasteiger partial charge in [-0.25, -0.2) is 0 Å². The summed E-state index contributed by atoms with van der Waals surface area (Å²) in [5, 5.41) is 2.85. The summed E-state index contributed by atoms with van der Waals surface area (Å²) in [6.07, 6.45) is 3.15. The van der Waals surface area contributed by atoms with Gasteiger partial charge in [-0.2, -0.15) is 0 Å². The summed E-state index contributed by atoms with van der Waals surface area (Å²) in [6.45, 7) is 0.996. The van der Waals surface area contributed by atoms with Gasteiger partial charge in [0.25, 0.3) is 0 Å². The summed E-state index contributed by atoms with van der Waals surface area (Å²) in [5.74, 6) is 0.965. The minimum Gasteiger partial charge on any atom is -0.467 e. The van der Waals surface area contributed by atoms with Gasteiger partial charge in [0.1, 0.15) is 11.8 Å². The number of benzene rings is 1. The molecule has 1 saturated heterocycles. The average molecular weight is 344 g/mol. The van der Waals surface area contributed by atoms with Crippen LogP contribution < -0.4 is 5.32 Å². The van der Waals surface area contributed by atoms with Crippen molar-refractivity contribution in [2.45, 2.75) is 30.3 Å². The molecule has 126 valence electrons. The average Bonchev–Trinajstić information content (AvgIpc) is 3.30. The summed E-state index contributed by atoms with van der Waals surface area (Å²) in [7, 11) is 0. The number of thioether (sulfide) groups is 1. The lowest BCUT2D eigenvalue weighted by Gasteiger charge is -2.23. The number of nitrogens with one attached hydrogen (secondary N) is 1. The van der Waals surface area contributed by atoms with E-state index in [2.05, 4.69) is 5.32 Å². The number of furan rings is 1. The smallest absolute Gasteiger partial charge is 0.243 e. The van der Waals surface area contributed by atoms with Crippen LogP contribution in [-0.4, -0.2) is 35.1 Å². The Bertz CT molecular complexity index is 673. The molecular formula is C18H20N2O3S. The van der Waals surface area contributed by atoms with Gasteiger partial charge in [0, 0.05) is 11.4 Å². The van der Waals surface area contributed by atoms with Crippen molar-refractivity contribution in [2.24, 2.45) is 0 Å². The molecule has 0 radical (unpaired) electrons. The molecule has 1 aliphatic rings. The molecule has 1 fully saturated rings. The van der Waals surface area contributed by atoms with Crippen LogP contribution in [0.1, 0.15) is 18.6 Å². The SMILES string of the molecule is O=C(NCc1ccco1)C1CCCN1C(=O)CSc1ccccc1. The maximum atomic E-state index is 12.5. The minimum absolute atomic E-state index is 0.0134. The molecule has 5 nitrogen and oxygen atoms in total. The standard InChI is InChI=1S/C18H20N2O3S/c21-17(13-24-15-7-2-1-3-8-15)20-10-4-9-16(20)18(22)19-12-14-6-5-11-23-14/h1-3,5-8,11,16H,4,9-10,12-13H2,(H,19,22). The van der Waals surface area contributed by atoms with E-state index >= 15 is 0 Å². The molecule has 3 rings (SSSR count). The van der Waals surface area contributed by atoms with Gasteiger partial charge in [-0.3, -0.25) is 9.59 Å². The van der Waals surface area contributed by atoms with Gasteiger partial charge in [-0.05, 0) is 37.1 Å². The maximum Gasteiger partial charge on any atom is 0.243 e. The van der Waals surface area contributed by atoms with Crippen molar-refractivity contribution in [1.82, 2.24) is 10.2 Å². The van der Waals surface area contributed by atoms with E-state index in [0.717, 1.165) is 11.3 Å². The Morgan fingerprint density at radius 2 is 2.04 bits per heavy atom. The highest BCUT2D eigenvalue weighted by atomic mass is 32.2. The highest BCUT2D eigenvalue weighted by Gasteiger charge is 2.33. The number of hydrogen-bond donors (Lipinski definition) is 1. The third kappa shape index (κ3) is 4.20. The van der Waals surface area contributed by atoms with Crippen molar-refractivity contribution in [3.63, 3.8) is 0 Å². The van der Waals surface area contributed by atoms with E-state index in [1.807, 2.05) is 36.4 Å². The number of rotatable bonds is 6. The molecule has 1 aromatic heterocycles. The first-order chi connectivity index (χ1) is 11.7. The number of nitrogens with zero attached hydrogens (tertiary/aromatic N) is 1. The van der Waals surface area contributed by atoms with Crippen LogP contribution in [0.5, 0.6) is 0 Å². The molecule has 2 heterocycles. The number of carbonyl (C=O) groups excluding carboxylic acids is 2. The summed E-state index contributed by atoms with van der Waals surface area (Å²) < 4.78 is 5.21. The second-order valence-corrected chi connectivity index (χ2v) is 6.69. The molecule has 1 aromatic carbocycles. The molecule has 1 N–H and O–H groups in total. The molecule has 1 aliphatic heterocycles. The molecule has 1 unspecified atom stereocenters. The van der Waals surface area contributed by atoms with E-state index in [0.29, 0.717) is 31.0 Å². The summed E-state index contributed by atoms with van der Waals surface area (Å²) >= 11 is 1.50. The van der Waals surface area contributed by atoms with E-state index in [4.69, 9.17) is 4.42 Å². The largest absolute Gasteiger partial charge is 0.467 e. The Kier molecular flexibility index (Phi) is 5.59. The van der Waals surface area contributed by atoms with Crippen LogP contribution in [0.15, 0.2) is 58.0 Å². The van der Waals surface area contributed by atoms with Crippen LogP contribution in [0.4, 0.5) is 0 Å². The quantitative estimate of drug-likeness (QED) is 0.819. The summed E-state index contributed by atoms with van der Waals surface area (Å²) in [4.78, 5) is 27.6. The number of amides is 2. The molecule has 0 aliphatic carbocycles. The van der Waals surface area contributed by atoms with Crippen molar-refractivity contribution < 1.29 is 14.0 Å². The Morgan fingerprint density at radius 3 is 2.79 bits per heavy atom. The number of hydrogen-bond acceptors (Lipinski definition) is 4. The highest BCUT2D eigenvalue weighted by molar-refractivity contribution is 8.00. The Balaban J connectivity index is 1.52. The van der Waals surface area contributed by atoms with Gasteiger partial charge >= 0.3 is 0 Å². The molecule has 2 amide bonds. The van der Waals surface area contributed by atoms with Gasteiger partial charge in [0.2, 0.25) is 11.8 Å². The zero-order valence-corrected chi connectivity index (χ0v) is 14.1. The molecule has 0 bridgehead atoms. The Hall–Kier alpha value is -2.21. The lowest BCUT2D eigenvalue weighted by atomic mass is 10.2. The van der Waals surface area contributed by atoms with Crippen LogP contribution >= 0.6 is 11.8 Å². The van der Waals surface area contributed by atoms with E-state index in [1.165, 1.54) is 11.8 Å².